The van der Waals surface area contributed by atoms with E-state index in [9.17, 15) is 9.59 Å². The first-order valence-corrected chi connectivity index (χ1v) is 5.51. The fourth-order valence-electron chi connectivity index (χ4n) is 0.869. The molecular weight excluding hydrogens is 230 g/mol. The quantitative estimate of drug-likeness (QED) is 0.847. The number of aryl methyl sites for hydroxylation is 1. The number of amides is 1. The van der Waals surface area contributed by atoms with Gasteiger partial charge < -0.3 is 15.6 Å². The smallest absolute Gasteiger partial charge is 0.404 e. The van der Waals surface area contributed by atoms with E-state index in [2.05, 4.69) is 10.5 Å². The van der Waals surface area contributed by atoms with Gasteiger partial charge in [0.05, 0.1) is 7.11 Å². The summed E-state index contributed by atoms with van der Waals surface area (Å²) in [7, 11) is 1.22. The van der Waals surface area contributed by atoms with Crippen molar-refractivity contribution in [3.63, 3.8) is 0 Å². The molecule has 3 N–H and O–H groups in total. The fourth-order valence-corrected chi connectivity index (χ4v) is 1.62. The Balaban J connectivity index is 0.000000385. The van der Waals surface area contributed by atoms with Gasteiger partial charge in [0, 0.05) is 11.3 Å². The molecule has 0 spiro atoms. The van der Waals surface area contributed by atoms with E-state index in [0.717, 1.165) is 12.8 Å². The average Bonchev–Trinajstić information content (AvgIpc) is 2.71. The molecule has 1 aromatic heterocycles. The first-order valence-electron chi connectivity index (χ1n) is 4.64. The number of carboxylic acids is 1. The number of carbonyl (C=O) groups excluding carboxylic acids is 1. The van der Waals surface area contributed by atoms with Crippen molar-refractivity contribution in [1.29, 1.82) is 0 Å². The number of carboxylic acid groups (broad SMARTS) is 1. The number of aliphatic carboxylic acids is 1. The van der Waals surface area contributed by atoms with E-state index in [1.54, 1.807) is 11.3 Å². The van der Waals surface area contributed by atoms with Crippen molar-refractivity contribution < 1.29 is 19.4 Å². The number of methoxy groups -OCH3 is 1. The molecule has 0 atom stereocenters. The molecule has 0 unspecified atom stereocenters. The third kappa shape index (κ3) is 9.01. The Kier molecular flexibility index (Phi) is 7.87. The zero-order valence-electron chi connectivity index (χ0n) is 9.01. The van der Waals surface area contributed by atoms with Gasteiger partial charge in [-0.05, 0) is 24.3 Å². The molecule has 1 heterocycles. The van der Waals surface area contributed by atoms with E-state index >= 15 is 0 Å². The molecule has 1 aromatic rings. The Hall–Kier alpha value is -1.56. The van der Waals surface area contributed by atoms with Gasteiger partial charge in [0.25, 0.3) is 0 Å². The highest BCUT2D eigenvalue weighted by Crippen LogP contribution is 2.11. The predicted octanol–water partition coefficient (Wildman–Crippen LogP) is 1.87. The number of thiophene rings is 1. The van der Waals surface area contributed by atoms with Gasteiger partial charge >= 0.3 is 12.1 Å². The molecule has 0 aliphatic rings. The fraction of sp³-hybridized carbons (Fsp3) is 0.400. The summed E-state index contributed by atoms with van der Waals surface area (Å²) in [4.78, 5) is 20.8. The topological polar surface area (TPSA) is 89.6 Å². The minimum atomic E-state index is -0.745. The van der Waals surface area contributed by atoms with E-state index in [1.807, 2.05) is 17.5 Å². The van der Waals surface area contributed by atoms with E-state index in [-0.39, 0.29) is 6.42 Å². The maximum Gasteiger partial charge on any atom is 0.404 e. The number of hydrogen-bond donors (Lipinski definition) is 2. The van der Waals surface area contributed by atoms with Crippen LogP contribution >= 0.6 is 11.3 Å². The molecule has 0 saturated heterocycles. The molecule has 90 valence electrons. The molecule has 0 aliphatic carbocycles. The van der Waals surface area contributed by atoms with E-state index in [0.29, 0.717) is 0 Å². The second-order valence-electron chi connectivity index (χ2n) is 2.85. The Morgan fingerprint density at radius 3 is 2.56 bits per heavy atom. The van der Waals surface area contributed by atoms with Crippen molar-refractivity contribution in [2.75, 3.05) is 7.11 Å². The second-order valence-corrected chi connectivity index (χ2v) is 3.88. The van der Waals surface area contributed by atoms with Crippen molar-refractivity contribution in [3.8, 4) is 0 Å². The average molecular weight is 245 g/mol. The molecule has 1 amide bonds. The van der Waals surface area contributed by atoms with Crippen molar-refractivity contribution in [2.45, 2.75) is 19.3 Å². The van der Waals surface area contributed by atoms with Crippen LogP contribution in [0.1, 0.15) is 17.7 Å². The van der Waals surface area contributed by atoms with Gasteiger partial charge in [-0.25, -0.2) is 4.79 Å². The largest absolute Gasteiger partial charge is 0.481 e. The minimum absolute atomic E-state index is 0.276. The number of hydrogen-bond acceptors (Lipinski definition) is 4. The number of primary amides is 1. The number of nitrogens with two attached hydrogens (primary N) is 1. The first-order chi connectivity index (χ1) is 7.56. The summed E-state index contributed by atoms with van der Waals surface area (Å²) in [6.45, 7) is 0. The standard InChI is InChI=1S/C8H10O2S.C2H5NO2/c9-8(10)5-1-3-7-4-2-6-11-7;1-5-2(3)4/h2,4,6H,1,3,5H2,(H,9,10);1H3,(H2,3,4). The third-order valence-electron chi connectivity index (χ3n) is 1.60. The first kappa shape index (κ1) is 14.4. The molecular formula is C10H15NO4S. The van der Waals surface area contributed by atoms with Crippen LogP contribution in [0.5, 0.6) is 0 Å². The molecule has 0 aromatic carbocycles. The van der Waals surface area contributed by atoms with Crippen LogP contribution in [0.3, 0.4) is 0 Å². The lowest BCUT2D eigenvalue weighted by Gasteiger charge is -1.92. The zero-order chi connectivity index (χ0) is 12.4. The van der Waals surface area contributed by atoms with Crippen LogP contribution in [-0.2, 0) is 16.0 Å². The lowest BCUT2D eigenvalue weighted by Crippen LogP contribution is -2.08. The van der Waals surface area contributed by atoms with Crippen molar-refractivity contribution in [3.05, 3.63) is 22.4 Å². The van der Waals surface area contributed by atoms with Gasteiger partial charge in [0.1, 0.15) is 0 Å². The Morgan fingerprint density at radius 1 is 1.56 bits per heavy atom. The lowest BCUT2D eigenvalue weighted by molar-refractivity contribution is -0.137. The number of ether oxygens (including phenoxy) is 1. The van der Waals surface area contributed by atoms with Crippen LogP contribution in [0.4, 0.5) is 4.79 Å². The van der Waals surface area contributed by atoms with E-state index in [1.165, 1.54) is 12.0 Å². The van der Waals surface area contributed by atoms with Crippen LogP contribution in [0.15, 0.2) is 17.5 Å². The van der Waals surface area contributed by atoms with E-state index in [4.69, 9.17) is 5.11 Å². The van der Waals surface area contributed by atoms with Crippen LogP contribution in [0.25, 0.3) is 0 Å². The molecule has 0 fully saturated rings. The summed E-state index contributed by atoms with van der Waals surface area (Å²) >= 11 is 1.68. The molecule has 1 rings (SSSR count). The molecule has 6 heteroatoms. The van der Waals surface area contributed by atoms with Gasteiger partial charge in [-0.3, -0.25) is 4.79 Å². The summed E-state index contributed by atoms with van der Waals surface area (Å²) in [5.41, 5.74) is 4.43. The second kappa shape index (κ2) is 8.72. The highest BCUT2D eigenvalue weighted by molar-refractivity contribution is 7.09. The van der Waals surface area contributed by atoms with Crippen LogP contribution < -0.4 is 5.73 Å². The Labute approximate surface area is 97.8 Å². The Bertz CT molecular complexity index is 311. The summed E-state index contributed by atoms with van der Waals surface area (Å²) < 4.78 is 3.89. The van der Waals surface area contributed by atoms with Gasteiger partial charge in [-0.2, -0.15) is 0 Å². The predicted molar refractivity (Wildman–Crippen MR) is 61.5 cm³/mol. The molecule has 0 radical (unpaired) electrons. The lowest BCUT2D eigenvalue weighted by atomic mass is 10.2. The minimum Gasteiger partial charge on any atom is -0.481 e. The van der Waals surface area contributed by atoms with Crippen molar-refractivity contribution >= 4 is 23.4 Å². The molecule has 0 bridgehead atoms. The normalized spacial score (nSPS) is 8.81. The Morgan fingerprint density at radius 2 is 2.19 bits per heavy atom. The van der Waals surface area contributed by atoms with Crippen LogP contribution in [0.2, 0.25) is 0 Å². The zero-order valence-corrected chi connectivity index (χ0v) is 9.83. The van der Waals surface area contributed by atoms with E-state index < -0.39 is 12.1 Å². The van der Waals surface area contributed by atoms with Gasteiger partial charge in [-0.15, -0.1) is 11.3 Å². The van der Waals surface area contributed by atoms with Gasteiger partial charge in [-0.1, -0.05) is 6.07 Å². The monoisotopic (exact) mass is 245 g/mol. The summed E-state index contributed by atoms with van der Waals surface area (Å²) in [5, 5.41) is 10.4. The summed E-state index contributed by atoms with van der Waals surface area (Å²) in [5.74, 6) is -0.707. The highest BCUT2D eigenvalue weighted by Gasteiger charge is 1.97. The van der Waals surface area contributed by atoms with Crippen molar-refractivity contribution in [1.82, 2.24) is 0 Å². The van der Waals surface area contributed by atoms with Crippen molar-refractivity contribution in [2.24, 2.45) is 5.73 Å². The summed E-state index contributed by atoms with van der Waals surface area (Å²) in [6.07, 6.45) is 1.17. The molecule has 16 heavy (non-hydrogen) atoms. The van der Waals surface area contributed by atoms with Crippen LogP contribution in [0, 0.1) is 0 Å². The molecule has 0 aliphatic heterocycles. The van der Waals surface area contributed by atoms with Gasteiger partial charge in [0.15, 0.2) is 0 Å². The van der Waals surface area contributed by atoms with Crippen LogP contribution in [-0.4, -0.2) is 24.3 Å². The molecule has 5 nitrogen and oxygen atoms in total. The molecule has 0 saturated carbocycles. The summed E-state index contributed by atoms with van der Waals surface area (Å²) in [6, 6.07) is 4.02. The highest BCUT2D eigenvalue weighted by atomic mass is 32.1. The van der Waals surface area contributed by atoms with Gasteiger partial charge in [0.2, 0.25) is 0 Å². The third-order valence-corrected chi connectivity index (χ3v) is 2.53. The number of rotatable bonds is 4. The SMILES string of the molecule is COC(N)=O.O=C(O)CCCc1cccs1. The maximum atomic E-state index is 10.1. The number of carbonyl (C=O) groups is 2. The maximum absolute atomic E-state index is 10.1.